The van der Waals surface area contributed by atoms with Gasteiger partial charge in [0.05, 0.1) is 5.52 Å². The van der Waals surface area contributed by atoms with E-state index in [1.165, 1.54) is 0 Å². The largest absolute Gasteiger partial charge is 0.505 e. The molecule has 0 saturated carbocycles. The molecule has 0 unspecified atom stereocenters. The molecule has 82 valence electrons. The minimum Gasteiger partial charge on any atom is -0.505 e. The van der Waals surface area contributed by atoms with Crippen molar-refractivity contribution in [3.8, 4) is 5.75 Å². The molecular weight excluding hydrogens is 204 g/mol. The molecule has 0 aliphatic carbocycles. The highest BCUT2D eigenvalue weighted by atomic mass is 16.3. The summed E-state index contributed by atoms with van der Waals surface area (Å²) < 4.78 is 0. The second-order valence-electron chi connectivity index (χ2n) is 3.98. The predicted molar refractivity (Wildman–Crippen MR) is 63.0 cm³/mol. The fraction of sp³-hybridized carbons (Fsp3) is 0.250. The van der Waals surface area contributed by atoms with Crippen LogP contribution in [0.4, 0.5) is 5.69 Å². The quantitative estimate of drug-likeness (QED) is 0.782. The van der Waals surface area contributed by atoms with E-state index in [0.29, 0.717) is 16.5 Å². The summed E-state index contributed by atoms with van der Waals surface area (Å²) in [6.45, 7) is 3.89. The molecule has 0 saturated heterocycles. The van der Waals surface area contributed by atoms with Crippen LogP contribution in [-0.2, 0) is 0 Å². The second kappa shape index (κ2) is 3.89. The molecule has 1 aromatic carbocycles. The molecule has 0 bridgehead atoms. The summed E-state index contributed by atoms with van der Waals surface area (Å²) >= 11 is 0. The van der Waals surface area contributed by atoms with Gasteiger partial charge in [-0.3, -0.25) is 4.98 Å². The minimum absolute atomic E-state index is 0.0366. The first-order chi connectivity index (χ1) is 7.65. The van der Waals surface area contributed by atoms with Crippen LogP contribution in [-0.4, -0.2) is 10.1 Å². The molecule has 4 nitrogen and oxygen atoms in total. The Morgan fingerprint density at radius 1 is 1.44 bits per heavy atom. The normalized spacial score (nSPS) is 10.9. The SMILES string of the molecule is CC(C)c1cc2ncccc2c(N=O)c1O. The average Bonchev–Trinajstić information content (AvgIpc) is 2.28. The van der Waals surface area contributed by atoms with E-state index in [2.05, 4.69) is 10.2 Å². The monoisotopic (exact) mass is 216 g/mol. The third-order valence-electron chi connectivity index (χ3n) is 2.60. The zero-order valence-corrected chi connectivity index (χ0v) is 9.14. The zero-order valence-electron chi connectivity index (χ0n) is 9.14. The number of nitrogens with zero attached hydrogens (tertiary/aromatic N) is 2. The highest BCUT2D eigenvalue weighted by Gasteiger charge is 2.15. The third kappa shape index (κ3) is 1.52. The standard InChI is InChI=1S/C12H12N2O2/c1-7(2)9-6-10-8(4-3-5-13-10)11(14-16)12(9)15/h3-7,15H,1-2H3. The fourth-order valence-corrected chi connectivity index (χ4v) is 1.75. The molecule has 0 amide bonds. The molecule has 2 rings (SSSR count). The van der Waals surface area contributed by atoms with Gasteiger partial charge in [0.15, 0.2) is 5.69 Å². The number of nitroso groups, excluding NO2 is 1. The maximum absolute atomic E-state index is 10.8. The number of aromatic nitrogens is 1. The van der Waals surface area contributed by atoms with Crippen LogP contribution in [0.5, 0.6) is 5.75 Å². The average molecular weight is 216 g/mol. The Labute approximate surface area is 92.9 Å². The number of phenols is 1. The highest BCUT2D eigenvalue weighted by Crippen LogP contribution is 2.40. The molecule has 0 aliphatic heterocycles. The van der Waals surface area contributed by atoms with E-state index < -0.39 is 0 Å². The van der Waals surface area contributed by atoms with Crippen LogP contribution >= 0.6 is 0 Å². The number of phenolic OH excluding ortho intramolecular Hbond substituents is 1. The number of hydrogen-bond acceptors (Lipinski definition) is 4. The highest BCUT2D eigenvalue weighted by molar-refractivity contribution is 5.94. The number of fused-ring (bicyclic) bond motifs is 1. The van der Waals surface area contributed by atoms with Crippen molar-refractivity contribution in [3.05, 3.63) is 34.9 Å². The van der Waals surface area contributed by atoms with Crippen molar-refractivity contribution >= 4 is 16.6 Å². The van der Waals surface area contributed by atoms with Crippen LogP contribution in [0.1, 0.15) is 25.3 Å². The van der Waals surface area contributed by atoms with Gasteiger partial charge in [-0.25, -0.2) is 0 Å². The number of aromatic hydroxyl groups is 1. The van der Waals surface area contributed by atoms with Crippen molar-refractivity contribution in [3.63, 3.8) is 0 Å². The van der Waals surface area contributed by atoms with Gasteiger partial charge in [0.1, 0.15) is 5.75 Å². The molecular formula is C12H12N2O2. The van der Waals surface area contributed by atoms with Crippen LogP contribution in [0.3, 0.4) is 0 Å². The fourth-order valence-electron chi connectivity index (χ4n) is 1.75. The van der Waals surface area contributed by atoms with Gasteiger partial charge in [-0.15, -0.1) is 4.91 Å². The van der Waals surface area contributed by atoms with E-state index >= 15 is 0 Å². The van der Waals surface area contributed by atoms with Gasteiger partial charge in [0, 0.05) is 17.1 Å². The first kappa shape index (κ1) is 10.5. The smallest absolute Gasteiger partial charge is 0.159 e. The van der Waals surface area contributed by atoms with Gasteiger partial charge in [-0.2, -0.15) is 0 Å². The number of benzene rings is 1. The predicted octanol–water partition coefficient (Wildman–Crippen LogP) is 3.46. The van der Waals surface area contributed by atoms with Crippen LogP contribution in [0, 0.1) is 4.91 Å². The van der Waals surface area contributed by atoms with E-state index in [1.54, 1.807) is 24.4 Å². The van der Waals surface area contributed by atoms with Crippen LogP contribution in [0.15, 0.2) is 29.6 Å². The van der Waals surface area contributed by atoms with Crippen molar-refractivity contribution in [1.82, 2.24) is 4.98 Å². The number of pyridine rings is 1. The molecule has 0 radical (unpaired) electrons. The molecule has 1 N–H and O–H groups in total. The van der Waals surface area contributed by atoms with Gasteiger partial charge >= 0.3 is 0 Å². The number of hydrogen-bond donors (Lipinski definition) is 1. The summed E-state index contributed by atoms with van der Waals surface area (Å²) in [6.07, 6.45) is 1.65. The lowest BCUT2D eigenvalue weighted by Crippen LogP contribution is -1.90. The molecule has 1 heterocycles. The Balaban J connectivity index is 2.88. The Morgan fingerprint density at radius 2 is 2.19 bits per heavy atom. The van der Waals surface area contributed by atoms with Gasteiger partial charge < -0.3 is 5.11 Å². The summed E-state index contributed by atoms with van der Waals surface area (Å²) in [5.41, 5.74) is 1.45. The van der Waals surface area contributed by atoms with Crippen molar-refractivity contribution < 1.29 is 5.11 Å². The molecule has 0 atom stereocenters. The van der Waals surface area contributed by atoms with E-state index in [9.17, 15) is 10.0 Å². The molecule has 4 heteroatoms. The molecule has 1 aromatic heterocycles. The molecule has 16 heavy (non-hydrogen) atoms. The van der Waals surface area contributed by atoms with Gasteiger partial charge in [0.2, 0.25) is 0 Å². The number of rotatable bonds is 2. The Hall–Kier alpha value is -1.97. The Bertz CT molecular complexity index is 550. The zero-order chi connectivity index (χ0) is 11.7. The van der Waals surface area contributed by atoms with Crippen LogP contribution < -0.4 is 0 Å². The second-order valence-corrected chi connectivity index (χ2v) is 3.98. The van der Waals surface area contributed by atoms with Crippen molar-refractivity contribution in [1.29, 1.82) is 0 Å². The third-order valence-corrected chi connectivity index (χ3v) is 2.60. The van der Waals surface area contributed by atoms with Crippen LogP contribution in [0.25, 0.3) is 10.9 Å². The van der Waals surface area contributed by atoms with Crippen molar-refractivity contribution in [2.45, 2.75) is 19.8 Å². The lowest BCUT2D eigenvalue weighted by atomic mass is 9.98. The summed E-state index contributed by atoms with van der Waals surface area (Å²) in [4.78, 5) is 14.9. The Morgan fingerprint density at radius 3 is 2.81 bits per heavy atom. The maximum atomic E-state index is 10.8. The molecule has 0 fully saturated rings. The first-order valence-corrected chi connectivity index (χ1v) is 5.09. The minimum atomic E-state index is -0.0366. The maximum Gasteiger partial charge on any atom is 0.159 e. The summed E-state index contributed by atoms with van der Waals surface area (Å²) in [6, 6.07) is 5.23. The lowest BCUT2D eigenvalue weighted by Gasteiger charge is -2.11. The van der Waals surface area contributed by atoms with Crippen molar-refractivity contribution in [2.75, 3.05) is 0 Å². The van der Waals surface area contributed by atoms with E-state index in [1.807, 2.05) is 13.8 Å². The topological polar surface area (TPSA) is 62.5 Å². The van der Waals surface area contributed by atoms with Gasteiger partial charge in [-0.1, -0.05) is 13.8 Å². The molecule has 0 spiro atoms. The molecule has 0 aliphatic rings. The summed E-state index contributed by atoms with van der Waals surface area (Å²) in [7, 11) is 0. The van der Waals surface area contributed by atoms with E-state index in [0.717, 1.165) is 0 Å². The van der Waals surface area contributed by atoms with Crippen LogP contribution in [0.2, 0.25) is 0 Å². The summed E-state index contributed by atoms with van der Waals surface area (Å²) in [5, 5.41) is 13.4. The van der Waals surface area contributed by atoms with Gasteiger partial charge in [0.25, 0.3) is 0 Å². The van der Waals surface area contributed by atoms with E-state index in [-0.39, 0.29) is 17.4 Å². The first-order valence-electron chi connectivity index (χ1n) is 5.09. The van der Waals surface area contributed by atoms with E-state index in [4.69, 9.17) is 0 Å². The summed E-state index contributed by atoms with van der Waals surface area (Å²) in [5.74, 6) is 0.0809. The lowest BCUT2D eigenvalue weighted by molar-refractivity contribution is 0.467. The Kier molecular flexibility index (Phi) is 2.56. The van der Waals surface area contributed by atoms with Gasteiger partial charge in [-0.05, 0) is 29.3 Å². The molecule has 2 aromatic rings. The van der Waals surface area contributed by atoms with Crippen molar-refractivity contribution in [2.24, 2.45) is 5.18 Å².